The molecule has 0 amide bonds. The number of nitrogens with zero attached hydrogens (tertiary/aromatic N) is 4. The van der Waals surface area contributed by atoms with Gasteiger partial charge in [-0.05, 0) is 105 Å². The average Bonchev–Trinajstić information content (AvgIpc) is 3.92. The van der Waals surface area contributed by atoms with Gasteiger partial charge in [0.2, 0.25) is 0 Å². The summed E-state index contributed by atoms with van der Waals surface area (Å²) >= 11 is 0. The molecule has 1 aliphatic carbocycles. The summed E-state index contributed by atoms with van der Waals surface area (Å²) in [5.41, 5.74) is 17.3. The van der Waals surface area contributed by atoms with Crippen LogP contribution in [0.5, 0.6) is 0 Å². The fourth-order valence-corrected chi connectivity index (χ4v) is 11.1. The van der Waals surface area contributed by atoms with Gasteiger partial charge in [-0.2, -0.15) is 0 Å². The van der Waals surface area contributed by atoms with Crippen molar-refractivity contribution in [3.63, 3.8) is 0 Å². The Morgan fingerprint density at radius 3 is 1.55 bits per heavy atom. The Morgan fingerprint density at radius 1 is 0.358 bits per heavy atom. The minimum absolute atomic E-state index is 0.00257. The first kappa shape index (κ1) is 42.1. The van der Waals surface area contributed by atoms with E-state index >= 15 is 0 Å². The lowest BCUT2D eigenvalue weighted by atomic mass is 9.59. The molecule has 0 spiro atoms. The van der Waals surface area contributed by atoms with Gasteiger partial charge >= 0.3 is 0 Å². The normalized spacial score (nSPS) is 14.6. The lowest BCUT2D eigenvalue weighted by Gasteiger charge is -2.44. The van der Waals surface area contributed by atoms with Gasteiger partial charge in [0.15, 0.2) is 5.82 Å². The Kier molecular flexibility index (Phi) is 9.93. The van der Waals surface area contributed by atoms with Crippen LogP contribution in [0.4, 0.5) is 0 Å². The molecule has 0 bridgehead atoms. The molecule has 4 nitrogen and oxygen atoms in total. The van der Waals surface area contributed by atoms with Crippen LogP contribution in [0.2, 0.25) is 0 Å². The lowest BCUT2D eigenvalue weighted by Crippen LogP contribution is -2.42. The summed E-state index contributed by atoms with van der Waals surface area (Å²) in [5.74, 6) is 0.709. The first-order valence-corrected chi connectivity index (χ1v) is 23.8. The van der Waals surface area contributed by atoms with Crippen LogP contribution >= 0.6 is 0 Å². The van der Waals surface area contributed by atoms with E-state index in [-0.39, 0.29) is 16.2 Å². The molecule has 1 aliphatic rings. The van der Waals surface area contributed by atoms with Crippen molar-refractivity contribution in [2.75, 3.05) is 0 Å². The van der Waals surface area contributed by atoms with E-state index < -0.39 is 0 Å². The minimum atomic E-state index is -0.0585. The van der Waals surface area contributed by atoms with Crippen LogP contribution in [-0.4, -0.2) is 19.1 Å². The molecule has 0 unspecified atom stereocenters. The molecule has 0 N–H and O–H groups in total. The molecule has 0 radical (unpaired) electrons. The molecule has 328 valence electrons. The van der Waals surface area contributed by atoms with Gasteiger partial charge in [0.05, 0.1) is 33.5 Å². The van der Waals surface area contributed by atoms with E-state index in [0.717, 1.165) is 39.3 Å². The van der Waals surface area contributed by atoms with Crippen molar-refractivity contribution in [1.82, 2.24) is 19.1 Å². The molecule has 11 aromatic rings. The van der Waals surface area contributed by atoms with Crippen molar-refractivity contribution in [2.45, 2.75) is 66.2 Å². The van der Waals surface area contributed by atoms with E-state index in [0.29, 0.717) is 5.82 Å². The monoisotopic (exact) mass is 868 g/mol. The third-order valence-electron chi connectivity index (χ3n) is 15.6. The van der Waals surface area contributed by atoms with Gasteiger partial charge in [-0.1, -0.05) is 183 Å². The van der Waals surface area contributed by atoms with Gasteiger partial charge in [0.25, 0.3) is 0 Å². The van der Waals surface area contributed by atoms with Crippen molar-refractivity contribution in [3.05, 3.63) is 205 Å². The summed E-state index contributed by atoms with van der Waals surface area (Å²) in [7, 11) is 0. The molecule has 0 saturated carbocycles. The largest absolute Gasteiger partial charge is 0.309 e. The maximum atomic E-state index is 5.17. The third-order valence-corrected chi connectivity index (χ3v) is 15.6. The summed E-state index contributed by atoms with van der Waals surface area (Å²) in [5, 5.41) is 5.12. The van der Waals surface area contributed by atoms with Crippen LogP contribution in [0, 0.1) is 5.41 Å². The predicted molar refractivity (Wildman–Crippen MR) is 284 cm³/mol. The average molecular weight is 869 g/mol. The molecule has 3 aromatic heterocycles. The van der Waals surface area contributed by atoms with Crippen LogP contribution < -0.4 is 0 Å². The van der Waals surface area contributed by atoms with E-state index in [9.17, 15) is 0 Å². The molecule has 67 heavy (non-hydrogen) atoms. The summed E-state index contributed by atoms with van der Waals surface area (Å²) in [6.45, 7) is 18.7. The second-order valence-corrected chi connectivity index (χ2v) is 19.5. The number of aromatic nitrogens is 4. The molecule has 0 atom stereocenters. The number of para-hydroxylation sites is 2. The highest BCUT2D eigenvalue weighted by molar-refractivity contribution is 6.14. The lowest BCUT2D eigenvalue weighted by molar-refractivity contribution is 0.125. The second-order valence-electron chi connectivity index (χ2n) is 19.5. The Hall–Kier alpha value is -7.56. The van der Waals surface area contributed by atoms with E-state index in [4.69, 9.17) is 9.97 Å². The number of rotatable bonds is 6. The Labute approximate surface area is 394 Å². The highest BCUT2D eigenvalue weighted by atomic mass is 15.0. The van der Waals surface area contributed by atoms with Gasteiger partial charge in [0.1, 0.15) is 0 Å². The molecule has 4 heteroatoms. The molecular formula is C63H56N4. The van der Waals surface area contributed by atoms with Crippen molar-refractivity contribution in [3.8, 4) is 56.4 Å². The molecule has 0 fully saturated rings. The fraction of sp³-hybridized carbons (Fsp3) is 0.175. The van der Waals surface area contributed by atoms with Gasteiger partial charge in [-0.3, -0.25) is 0 Å². The van der Waals surface area contributed by atoms with Gasteiger partial charge in [0, 0.05) is 49.6 Å². The Balaban J connectivity index is 0.00000244. The van der Waals surface area contributed by atoms with E-state index in [1.54, 1.807) is 0 Å². The van der Waals surface area contributed by atoms with Gasteiger partial charge in [-0.25, -0.2) is 9.97 Å². The Bertz CT molecular complexity index is 3610. The molecule has 0 aliphatic heterocycles. The zero-order valence-electron chi connectivity index (χ0n) is 39.8. The first-order valence-electron chi connectivity index (χ1n) is 23.8. The van der Waals surface area contributed by atoms with E-state index in [1.165, 1.54) is 66.0 Å². The maximum absolute atomic E-state index is 5.17. The van der Waals surface area contributed by atoms with Gasteiger partial charge < -0.3 is 9.13 Å². The molecule has 12 rings (SSSR count). The predicted octanol–water partition coefficient (Wildman–Crippen LogP) is 17.0. The molecular weight excluding hydrogens is 813 g/mol. The smallest absolute Gasteiger partial charge is 0.160 e. The standard InChI is InChI=1S/C61H50N4.C2H6/c1-59(2)49-31-34-55-56(57(49)60(3,4)61(59,5)6)48-37-42(30-33-54(48)64(55)44-24-14-9-15-25-44)41-29-32-53-47(36-41)46-27-16-17-28-52(46)65(53)45-26-18-23-43(35-45)51-38-50(39-19-10-7-11-20-39)62-58(63-51)40-21-12-8-13-22-40;1-2/h7-38H,1-6H3;1-2H3. The second kappa shape index (κ2) is 15.8. The highest BCUT2D eigenvalue weighted by Crippen LogP contribution is 2.63. The van der Waals surface area contributed by atoms with Crippen molar-refractivity contribution in [1.29, 1.82) is 0 Å². The summed E-state index contributed by atoms with van der Waals surface area (Å²) in [6.07, 6.45) is 0. The maximum Gasteiger partial charge on any atom is 0.160 e. The van der Waals surface area contributed by atoms with Crippen LogP contribution in [0.3, 0.4) is 0 Å². The zero-order valence-corrected chi connectivity index (χ0v) is 39.8. The fourth-order valence-electron chi connectivity index (χ4n) is 11.1. The Morgan fingerprint density at radius 2 is 0.866 bits per heavy atom. The topological polar surface area (TPSA) is 35.6 Å². The van der Waals surface area contributed by atoms with Crippen LogP contribution in [0.1, 0.15) is 66.5 Å². The highest BCUT2D eigenvalue weighted by Gasteiger charge is 2.57. The van der Waals surface area contributed by atoms with Crippen LogP contribution in [0.15, 0.2) is 194 Å². The molecule has 0 saturated heterocycles. The first-order chi connectivity index (χ1) is 32.5. The van der Waals surface area contributed by atoms with Crippen molar-refractivity contribution < 1.29 is 0 Å². The molecule has 3 heterocycles. The number of benzene rings is 8. The number of hydrogen-bond donors (Lipinski definition) is 0. The van der Waals surface area contributed by atoms with Crippen molar-refractivity contribution >= 4 is 43.6 Å². The quantitative estimate of drug-likeness (QED) is 0.167. The minimum Gasteiger partial charge on any atom is -0.309 e. The van der Waals surface area contributed by atoms with Crippen LogP contribution in [0.25, 0.3) is 100 Å². The van der Waals surface area contributed by atoms with Gasteiger partial charge in [-0.15, -0.1) is 0 Å². The van der Waals surface area contributed by atoms with E-state index in [2.05, 4.69) is 221 Å². The summed E-state index contributed by atoms with van der Waals surface area (Å²) < 4.78 is 4.88. The van der Waals surface area contributed by atoms with E-state index in [1.807, 2.05) is 38.1 Å². The number of fused-ring (bicyclic) bond motifs is 8. The third kappa shape index (κ3) is 6.41. The zero-order chi connectivity index (χ0) is 46.2. The van der Waals surface area contributed by atoms with Crippen LogP contribution in [-0.2, 0) is 10.8 Å². The molecule has 8 aromatic carbocycles. The summed E-state index contributed by atoms with van der Waals surface area (Å²) in [4.78, 5) is 10.2. The number of hydrogen-bond acceptors (Lipinski definition) is 2. The SMILES string of the molecule is CC.CC1(C)c2ccc3c(c2C(C)(C)C1(C)C)c1cc(-c2ccc4c(c2)c2ccccc2n4-c2cccc(-c4cc(-c5ccccc5)nc(-c5ccccc5)n4)c2)ccc1n3-c1ccccc1. The van der Waals surface area contributed by atoms with Crippen molar-refractivity contribution in [2.24, 2.45) is 5.41 Å². The summed E-state index contributed by atoms with van der Waals surface area (Å²) in [6, 6.07) is 70.1.